The lowest BCUT2D eigenvalue weighted by Crippen LogP contribution is -1.95. The summed E-state index contributed by atoms with van der Waals surface area (Å²) in [6, 6.07) is 12.4. The summed E-state index contributed by atoms with van der Waals surface area (Å²) in [4.78, 5) is 1.32. The molecule has 18 heavy (non-hydrogen) atoms. The molecule has 0 atom stereocenters. The van der Waals surface area contributed by atoms with Crippen LogP contribution in [-0.2, 0) is 13.2 Å². The van der Waals surface area contributed by atoms with Crippen molar-refractivity contribution in [2.45, 2.75) is 13.2 Å². The van der Waals surface area contributed by atoms with Gasteiger partial charge in [-0.1, -0.05) is 6.07 Å². The van der Waals surface area contributed by atoms with E-state index in [1.165, 1.54) is 15.8 Å². The van der Waals surface area contributed by atoms with Crippen molar-refractivity contribution >= 4 is 38.2 Å². The number of rotatable bonds is 3. The number of hydrogen-bond donors (Lipinski definition) is 1. The highest BCUT2D eigenvalue weighted by Gasteiger charge is 2.04. The van der Waals surface area contributed by atoms with Crippen molar-refractivity contribution < 1.29 is 5.11 Å². The van der Waals surface area contributed by atoms with E-state index in [9.17, 15) is 0 Å². The number of aliphatic hydroxyl groups is 1. The zero-order valence-electron chi connectivity index (χ0n) is 9.64. The average molecular weight is 322 g/mol. The van der Waals surface area contributed by atoms with Crippen LogP contribution in [0.15, 0.2) is 46.4 Å². The first-order valence-electron chi connectivity index (χ1n) is 5.69. The largest absolute Gasteiger partial charge is 0.392 e. The molecular formula is C14H12BrNOS. The van der Waals surface area contributed by atoms with E-state index in [4.69, 9.17) is 5.11 Å². The van der Waals surface area contributed by atoms with Gasteiger partial charge in [0.25, 0.3) is 0 Å². The molecule has 0 fully saturated rings. The number of nitrogens with zero attached hydrogens (tertiary/aromatic N) is 1. The van der Waals surface area contributed by atoms with E-state index in [-0.39, 0.29) is 6.61 Å². The molecule has 2 nitrogen and oxygen atoms in total. The molecule has 0 saturated carbocycles. The Kier molecular flexibility index (Phi) is 3.24. The zero-order valence-corrected chi connectivity index (χ0v) is 12.0. The Morgan fingerprint density at radius 3 is 2.78 bits per heavy atom. The Morgan fingerprint density at radius 1 is 1.17 bits per heavy atom. The Morgan fingerprint density at radius 2 is 2.06 bits per heavy atom. The molecule has 0 spiro atoms. The number of fused-ring (bicyclic) bond motifs is 1. The lowest BCUT2D eigenvalue weighted by molar-refractivity contribution is 0.282. The number of hydrogen-bond acceptors (Lipinski definition) is 2. The van der Waals surface area contributed by atoms with Crippen molar-refractivity contribution in [1.29, 1.82) is 0 Å². The third-order valence-corrected chi connectivity index (χ3v) is 4.58. The van der Waals surface area contributed by atoms with Crippen molar-refractivity contribution in [2.75, 3.05) is 0 Å². The maximum Gasteiger partial charge on any atom is 0.0702 e. The maximum absolute atomic E-state index is 9.13. The van der Waals surface area contributed by atoms with Crippen molar-refractivity contribution in [2.24, 2.45) is 0 Å². The van der Waals surface area contributed by atoms with Gasteiger partial charge >= 0.3 is 0 Å². The molecule has 0 radical (unpaired) electrons. The lowest BCUT2D eigenvalue weighted by Gasteiger charge is -2.04. The minimum atomic E-state index is 0.0962. The summed E-state index contributed by atoms with van der Waals surface area (Å²) in [7, 11) is 0. The van der Waals surface area contributed by atoms with E-state index in [0.717, 1.165) is 15.9 Å². The predicted molar refractivity (Wildman–Crippen MR) is 79.0 cm³/mol. The van der Waals surface area contributed by atoms with Crippen LogP contribution in [-0.4, -0.2) is 9.67 Å². The fourth-order valence-corrected chi connectivity index (χ4v) is 3.57. The molecular weight excluding hydrogens is 310 g/mol. The minimum absolute atomic E-state index is 0.0962. The quantitative estimate of drug-likeness (QED) is 0.774. The van der Waals surface area contributed by atoms with Crippen LogP contribution in [0, 0.1) is 0 Å². The minimum Gasteiger partial charge on any atom is -0.392 e. The third-order valence-electron chi connectivity index (χ3n) is 2.97. The monoisotopic (exact) mass is 321 g/mol. The maximum atomic E-state index is 9.13. The Bertz CT molecular complexity index is 686. The zero-order chi connectivity index (χ0) is 12.5. The predicted octanol–water partition coefficient (Wildman–Crippen LogP) is 4.01. The summed E-state index contributed by atoms with van der Waals surface area (Å²) in [6.45, 7) is 0.983. The van der Waals surface area contributed by atoms with E-state index in [2.05, 4.69) is 51.0 Å². The van der Waals surface area contributed by atoms with Crippen LogP contribution >= 0.6 is 27.3 Å². The topological polar surface area (TPSA) is 25.2 Å². The molecule has 0 aliphatic rings. The molecule has 4 heteroatoms. The summed E-state index contributed by atoms with van der Waals surface area (Å²) in [5.41, 5.74) is 2.16. The van der Waals surface area contributed by atoms with Crippen LogP contribution in [0.1, 0.15) is 10.4 Å². The lowest BCUT2D eigenvalue weighted by atomic mass is 10.2. The molecule has 0 unspecified atom stereocenters. The van der Waals surface area contributed by atoms with Crippen molar-refractivity contribution in [3.8, 4) is 0 Å². The smallest absolute Gasteiger partial charge is 0.0702 e. The number of aromatic nitrogens is 1. The second kappa shape index (κ2) is 4.88. The molecule has 0 aliphatic heterocycles. The first kappa shape index (κ1) is 12.0. The number of thiophene rings is 1. The normalized spacial score (nSPS) is 11.2. The molecule has 0 aliphatic carbocycles. The summed E-state index contributed by atoms with van der Waals surface area (Å²) < 4.78 is 3.39. The highest BCUT2D eigenvalue weighted by atomic mass is 79.9. The number of benzene rings is 1. The molecule has 1 N–H and O–H groups in total. The van der Waals surface area contributed by atoms with Crippen molar-refractivity contribution in [1.82, 2.24) is 4.57 Å². The van der Waals surface area contributed by atoms with Gasteiger partial charge in [-0.05, 0) is 57.2 Å². The molecule has 92 valence electrons. The van der Waals surface area contributed by atoms with Gasteiger partial charge in [-0.3, -0.25) is 0 Å². The van der Waals surface area contributed by atoms with Crippen LogP contribution in [0.3, 0.4) is 0 Å². The highest BCUT2D eigenvalue weighted by Crippen LogP contribution is 2.25. The van der Waals surface area contributed by atoms with E-state index >= 15 is 0 Å². The number of halogens is 1. The van der Waals surface area contributed by atoms with Crippen molar-refractivity contribution in [3.05, 3.63) is 56.8 Å². The average Bonchev–Trinajstić information content (AvgIpc) is 2.96. The van der Waals surface area contributed by atoms with Crippen LogP contribution in [0.5, 0.6) is 0 Å². The SMILES string of the molecule is OCc1ccc2c(ccn2Cc2ccc(Br)s2)c1. The Labute approximate surface area is 118 Å². The fourth-order valence-electron chi connectivity index (χ4n) is 2.09. The van der Waals surface area contributed by atoms with Gasteiger partial charge in [0.1, 0.15) is 0 Å². The van der Waals surface area contributed by atoms with Crippen LogP contribution in [0.2, 0.25) is 0 Å². The van der Waals surface area contributed by atoms with Crippen LogP contribution < -0.4 is 0 Å². The Hall–Kier alpha value is -1.10. The Balaban J connectivity index is 1.97. The van der Waals surface area contributed by atoms with E-state index < -0.39 is 0 Å². The summed E-state index contributed by atoms with van der Waals surface area (Å²) in [6.07, 6.45) is 2.10. The van der Waals surface area contributed by atoms with Gasteiger partial charge in [0.05, 0.1) is 16.9 Å². The third kappa shape index (κ3) is 2.23. The fraction of sp³-hybridized carbons (Fsp3) is 0.143. The van der Waals surface area contributed by atoms with Crippen molar-refractivity contribution in [3.63, 3.8) is 0 Å². The van der Waals surface area contributed by atoms with Gasteiger partial charge in [-0.2, -0.15) is 0 Å². The van der Waals surface area contributed by atoms with E-state index in [0.29, 0.717) is 0 Å². The van der Waals surface area contributed by atoms with Gasteiger partial charge in [0, 0.05) is 16.6 Å². The van der Waals surface area contributed by atoms with Gasteiger partial charge in [0.2, 0.25) is 0 Å². The molecule has 1 aromatic carbocycles. The summed E-state index contributed by atoms with van der Waals surface area (Å²) >= 11 is 5.24. The second-order valence-electron chi connectivity index (χ2n) is 4.20. The van der Waals surface area contributed by atoms with Crippen LogP contribution in [0.4, 0.5) is 0 Å². The molecule has 3 rings (SSSR count). The van der Waals surface area contributed by atoms with Gasteiger partial charge in [0.15, 0.2) is 0 Å². The molecule has 2 heterocycles. The molecule has 2 aromatic heterocycles. The first-order valence-corrected chi connectivity index (χ1v) is 7.30. The van der Waals surface area contributed by atoms with Gasteiger partial charge < -0.3 is 9.67 Å². The first-order chi connectivity index (χ1) is 8.76. The summed E-state index contributed by atoms with van der Waals surface area (Å²) in [5, 5.41) is 10.3. The molecule has 0 bridgehead atoms. The standard InChI is InChI=1S/C14H12BrNOS/c15-14-4-2-12(18-14)8-16-6-5-11-7-10(9-17)1-3-13(11)16/h1-7,17H,8-9H2. The number of aliphatic hydroxyl groups excluding tert-OH is 1. The highest BCUT2D eigenvalue weighted by molar-refractivity contribution is 9.11. The molecule has 0 amide bonds. The van der Waals surface area contributed by atoms with E-state index in [1.54, 1.807) is 11.3 Å². The molecule has 3 aromatic rings. The van der Waals surface area contributed by atoms with Gasteiger partial charge in [-0.15, -0.1) is 11.3 Å². The summed E-state index contributed by atoms with van der Waals surface area (Å²) in [5.74, 6) is 0. The van der Waals surface area contributed by atoms with Crippen LogP contribution in [0.25, 0.3) is 10.9 Å². The second-order valence-corrected chi connectivity index (χ2v) is 6.75. The van der Waals surface area contributed by atoms with E-state index in [1.807, 2.05) is 12.1 Å². The van der Waals surface area contributed by atoms with Gasteiger partial charge in [-0.25, -0.2) is 0 Å². The molecule has 0 saturated heterocycles.